The lowest BCUT2D eigenvalue weighted by Crippen LogP contribution is -2.42. The molecule has 0 aliphatic heterocycles. The molecule has 0 heterocycles. The summed E-state index contributed by atoms with van der Waals surface area (Å²) in [5.41, 5.74) is 0. The van der Waals surface area contributed by atoms with Gasteiger partial charge in [0.2, 0.25) is 0 Å². The van der Waals surface area contributed by atoms with Crippen molar-refractivity contribution in [2.75, 3.05) is 13.2 Å². The number of hydrogen-bond donors (Lipinski definition) is 0. The molecule has 0 amide bonds. The molecule has 236 valence electrons. The average molecular weight is 569 g/mol. The van der Waals surface area contributed by atoms with Gasteiger partial charge in [0.1, 0.15) is 0 Å². The molecule has 0 unspecified atom stereocenters. The van der Waals surface area contributed by atoms with Crippen LogP contribution >= 0.6 is 0 Å². The third-order valence-corrected chi connectivity index (χ3v) is 12.5. The zero-order valence-electron chi connectivity index (χ0n) is 27.9. The summed E-state index contributed by atoms with van der Waals surface area (Å²) in [6.45, 7) is 10.6. The normalized spacial score (nSPS) is 12.0. The van der Waals surface area contributed by atoms with E-state index in [-0.39, 0.29) is 0 Å². The third-order valence-electron chi connectivity index (χ3n) is 8.64. The van der Waals surface area contributed by atoms with Crippen LogP contribution in [-0.2, 0) is 8.85 Å². The van der Waals surface area contributed by atoms with Gasteiger partial charge in [0.05, 0.1) is 0 Å². The van der Waals surface area contributed by atoms with Crippen molar-refractivity contribution in [3.8, 4) is 0 Å². The van der Waals surface area contributed by atoms with Crippen LogP contribution in [0.2, 0.25) is 12.1 Å². The van der Waals surface area contributed by atoms with Crippen LogP contribution in [0.4, 0.5) is 0 Å². The molecule has 0 radical (unpaired) electrons. The molecule has 0 aromatic rings. The van der Waals surface area contributed by atoms with Gasteiger partial charge in [-0.15, -0.1) is 0 Å². The van der Waals surface area contributed by atoms with Gasteiger partial charge in [-0.2, -0.15) is 0 Å². The minimum absolute atomic E-state index is 0.823. The Balaban J connectivity index is 3.76. The fourth-order valence-corrected chi connectivity index (χ4v) is 9.70. The minimum Gasteiger partial charge on any atom is -0.394 e. The first-order valence-electron chi connectivity index (χ1n) is 18.5. The molecular formula is C36H76O2Si. The molecule has 2 nitrogen and oxygen atoms in total. The molecule has 0 aliphatic rings. The maximum absolute atomic E-state index is 6.41. The van der Waals surface area contributed by atoms with Gasteiger partial charge in [0.25, 0.3) is 0 Å². The molecule has 0 spiro atoms. The van der Waals surface area contributed by atoms with Gasteiger partial charge >= 0.3 is 8.56 Å². The van der Waals surface area contributed by atoms with Gasteiger partial charge in [-0.05, 0) is 25.9 Å². The first-order valence-corrected chi connectivity index (χ1v) is 20.8. The van der Waals surface area contributed by atoms with Crippen molar-refractivity contribution >= 4 is 8.56 Å². The highest BCUT2D eigenvalue weighted by Gasteiger charge is 2.35. The lowest BCUT2D eigenvalue weighted by Gasteiger charge is -2.30. The standard InChI is InChI=1S/C36H76O2Si/c1-5-9-11-13-15-17-19-21-22-23-24-26-28-30-32-34-36-39(37-7-3,38-8-4)35-33-31-29-27-25-20-18-16-14-12-10-6-2/h5-36H2,1-4H3. The predicted octanol–water partition coefficient (Wildman–Crippen LogP) is 13.5. The third kappa shape index (κ3) is 28.0. The topological polar surface area (TPSA) is 18.5 Å². The molecule has 0 rings (SSSR count). The highest BCUT2D eigenvalue weighted by atomic mass is 28.4. The van der Waals surface area contributed by atoms with Gasteiger partial charge in [-0.1, -0.05) is 194 Å². The molecule has 0 saturated carbocycles. The molecule has 0 saturated heterocycles. The molecule has 3 heteroatoms. The van der Waals surface area contributed by atoms with E-state index >= 15 is 0 Å². The SMILES string of the molecule is CCCCCCCCCCCCCCCCCC[Si](CCCCCCCCCCCCCC)(OCC)OCC. The summed E-state index contributed by atoms with van der Waals surface area (Å²) >= 11 is 0. The van der Waals surface area contributed by atoms with Crippen LogP contribution in [0.1, 0.15) is 207 Å². The van der Waals surface area contributed by atoms with Crippen molar-refractivity contribution in [2.45, 2.75) is 220 Å². The van der Waals surface area contributed by atoms with E-state index in [1.807, 2.05) is 0 Å². The number of hydrogen-bond acceptors (Lipinski definition) is 2. The van der Waals surface area contributed by atoms with Gasteiger partial charge in [0, 0.05) is 13.2 Å². The number of unbranched alkanes of at least 4 members (excludes halogenated alkanes) is 26. The summed E-state index contributed by atoms with van der Waals surface area (Å²) in [5.74, 6) is 0. The highest BCUT2D eigenvalue weighted by Crippen LogP contribution is 2.26. The number of rotatable bonds is 34. The molecule has 0 aromatic carbocycles. The van der Waals surface area contributed by atoms with E-state index in [2.05, 4.69) is 27.7 Å². The lowest BCUT2D eigenvalue weighted by molar-refractivity contribution is 0.180. The fourth-order valence-electron chi connectivity index (χ4n) is 6.16. The van der Waals surface area contributed by atoms with Gasteiger partial charge in [0.15, 0.2) is 0 Å². The van der Waals surface area contributed by atoms with Gasteiger partial charge < -0.3 is 8.85 Å². The van der Waals surface area contributed by atoms with Crippen LogP contribution in [0.25, 0.3) is 0 Å². The van der Waals surface area contributed by atoms with Crippen LogP contribution in [0, 0.1) is 0 Å². The molecule has 0 aromatic heterocycles. The second kappa shape index (κ2) is 32.6. The maximum atomic E-state index is 6.41. The Morgan fingerprint density at radius 2 is 0.487 bits per heavy atom. The Bertz CT molecular complexity index is 436. The second-order valence-electron chi connectivity index (χ2n) is 12.5. The van der Waals surface area contributed by atoms with E-state index in [0.29, 0.717) is 0 Å². The van der Waals surface area contributed by atoms with Crippen LogP contribution < -0.4 is 0 Å². The van der Waals surface area contributed by atoms with Crippen LogP contribution in [0.15, 0.2) is 0 Å². The Hall–Kier alpha value is 0.137. The van der Waals surface area contributed by atoms with E-state index in [1.165, 1.54) is 192 Å². The van der Waals surface area contributed by atoms with E-state index in [0.717, 1.165) is 13.2 Å². The summed E-state index contributed by atoms with van der Waals surface area (Å²) in [7, 11) is -2.00. The van der Waals surface area contributed by atoms with E-state index in [4.69, 9.17) is 8.85 Å². The molecule has 0 N–H and O–H groups in total. The Kier molecular flexibility index (Phi) is 32.8. The average Bonchev–Trinajstić information content (AvgIpc) is 2.93. The Labute approximate surface area is 249 Å². The maximum Gasteiger partial charge on any atom is 0.338 e. The molecular weight excluding hydrogens is 492 g/mol. The van der Waals surface area contributed by atoms with E-state index in [9.17, 15) is 0 Å². The van der Waals surface area contributed by atoms with Crippen molar-refractivity contribution in [2.24, 2.45) is 0 Å². The molecule has 0 bridgehead atoms. The van der Waals surface area contributed by atoms with Gasteiger partial charge in [-0.3, -0.25) is 0 Å². The summed E-state index contributed by atoms with van der Waals surface area (Å²) in [4.78, 5) is 0. The van der Waals surface area contributed by atoms with E-state index in [1.54, 1.807) is 0 Å². The minimum atomic E-state index is -2.00. The van der Waals surface area contributed by atoms with Gasteiger partial charge in [-0.25, -0.2) is 0 Å². The second-order valence-corrected chi connectivity index (χ2v) is 15.9. The van der Waals surface area contributed by atoms with E-state index < -0.39 is 8.56 Å². The van der Waals surface area contributed by atoms with Crippen molar-refractivity contribution < 1.29 is 8.85 Å². The molecule has 0 atom stereocenters. The molecule has 39 heavy (non-hydrogen) atoms. The Morgan fingerprint density at radius 3 is 0.692 bits per heavy atom. The zero-order chi connectivity index (χ0) is 28.5. The van der Waals surface area contributed by atoms with Crippen LogP contribution in [0.5, 0.6) is 0 Å². The quantitative estimate of drug-likeness (QED) is 0.0567. The van der Waals surface area contributed by atoms with Crippen LogP contribution in [0.3, 0.4) is 0 Å². The lowest BCUT2D eigenvalue weighted by atomic mass is 10.0. The predicted molar refractivity (Wildman–Crippen MR) is 179 cm³/mol. The smallest absolute Gasteiger partial charge is 0.338 e. The molecule has 0 fully saturated rings. The van der Waals surface area contributed by atoms with Crippen LogP contribution in [-0.4, -0.2) is 21.8 Å². The molecule has 0 aliphatic carbocycles. The summed E-state index contributed by atoms with van der Waals surface area (Å²) in [5, 5.41) is 0. The highest BCUT2D eigenvalue weighted by molar-refractivity contribution is 6.67. The van der Waals surface area contributed by atoms with Crippen molar-refractivity contribution in [1.29, 1.82) is 0 Å². The summed E-state index contributed by atoms with van der Waals surface area (Å²) < 4.78 is 12.8. The first kappa shape index (κ1) is 39.1. The largest absolute Gasteiger partial charge is 0.394 e. The summed E-state index contributed by atoms with van der Waals surface area (Å²) in [6.07, 6.45) is 39.9. The zero-order valence-corrected chi connectivity index (χ0v) is 28.9. The first-order chi connectivity index (χ1) is 19.2. The monoisotopic (exact) mass is 569 g/mol. The fraction of sp³-hybridized carbons (Fsp3) is 1.00. The Morgan fingerprint density at radius 1 is 0.282 bits per heavy atom. The van der Waals surface area contributed by atoms with Crippen molar-refractivity contribution in [3.63, 3.8) is 0 Å². The summed E-state index contributed by atoms with van der Waals surface area (Å²) in [6, 6.07) is 2.43. The van der Waals surface area contributed by atoms with Crippen molar-refractivity contribution in [1.82, 2.24) is 0 Å². The van der Waals surface area contributed by atoms with Crippen molar-refractivity contribution in [3.05, 3.63) is 0 Å².